The van der Waals surface area contributed by atoms with Crippen molar-refractivity contribution in [2.24, 2.45) is 0 Å². The lowest BCUT2D eigenvalue weighted by Crippen LogP contribution is -2.51. The fourth-order valence-corrected chi connectivity index (χ4v) is 5.21. The molecule has 1 aliphatic rings. The van der Waals surface area contributed by atoms with Crippen LogP contribution >= 0.6 is 0 Å². The summed E-state index contributed by atoms with van der Waals surface area (Å²) in [5, 5.41) is 9.18. The smallest absolute Gasteiger partial charge is 0.287 e. The fraction of sp³-hybridized carbons (Fsp3) is 0.130. The van der Waals surface area contributed by atoms with E-state index in [2.05, 4.69) is 6.07 Å². The Morgan fingerprint density at radius 3 is 2.47 bits per heavy atom. The standard InChI is InChI=1S/C23H19N3O3S/c1-16-10-11-17(2)21(12-16)26-23(27)25(15-19-7-5-6-18(13-19)14-24)20-8-3-4-9-22(20)30(26,28)29/h3-13H,15H2,1-2H3. The van der Waals surface area contributed by atoms with Gasteiger partial charge >= 0.3 is 6.03 Å². The van der Waals surface area contributed by atoms with Gasteiger partial charge in [0.1, 0.15) is 4.90 Å². The molecule has 1 aliphatic heterocycles. The zero-order valence-electron chi connectivity index (χ0n) is 16.5. The van der Waals surface area contributed by atoms with E-state index in [1.807, 2.05) is 19.1 Å². The van der Waals surface area contributed by atoms with Crippen LogP contribution in [0.2, 0.25) is 0 Å². The van der Waals surface area contributed by atoms with Gasteiger partial charge in [-0.1, -0.05) is 36.4 Å². The molecule has 0 spiro atoms. The van der Waals surface area contributed by atoms with Crippen molar-refractivity contribution in [1.29, 1.82) is 5.26 Å². The summed E-state index contributed by atoms with van der Waals surface area (Å²) in [4.78, 5) is 15.0. The summed E-state index contributed by atoms with van der Waals surface area (Å²) in [7, 11) is -4.07. The van der Waals surface area contributed by atoms with Crippen LogP contribution in [-0.4, -0.2) is 14.4 Å². The number of nitriles is 1. The number of nitrogens with zero attached hydrogens (tertiary/aromatic N) is 3. The number of fused-ring (bicyclic) bond motifs is 1. The highest BCUT2D eigenvalue weighted by Gasteiger charge is 2.42. The van der Waals surface area contributed by atoms with Gasteiger partial charge in [-0.15, -0.1) is 0 Å². The molecule has 7 heteroatoms. The first kappa shape index (κ1) is 19.7. The van der Waals surface area contributed by atoms with E-state index in [1.54, 1.807) is 55.5 Å². The predicted octanol–water partition coefficient (Wildman–Crippen LogP) is 4.51. The molecule has 0 unspecified atom stereocenters. The van der Waals surface area contributed by atoms with E-state index in [9.17, 15) is 18.5 Å². The highest BCUT2D eigenvalue weighted by molar-refractivity contribution is 7.94. The van der Waals surface area contributed by atoms with Gasteiger partial charge in [0.05, 0.1) is 29.6 Å². The molecule has 2 amide bonds. The minimum atomic E-state index is -4.07. The number of carbonyl (C=O) groups excluding carboxylic acids is 1. The van der Waals surface area contributed by atoms with Gasteiger partial charge in [-0.05, 0) is 60.9 Å². The number of carbonyl (C=O) groups is 1. The number of anilines is 2. The summed E-state index contributed by atoms with van der Waals surface area (Å²) < 4.78 is 27.7. The van der Waals surface area contributed by atoms with Crippen molar-refractivity contribution >= 4 is 27.4 Å². The molecule has 0 N–H and O–H groups in total. The number of urea groups is 1. The first-order chi connectivity index (χ1) is 14.3. The van der Waals surface area contributed by atoms with Crippen LogP contribution in [0.15, 0.2) is 71.6 Å². The molecule has 4 rings (SSSR count). The zero-order valence-corrected chi connectivity index (χ0v) is 17.3. The summed E-state index contributed by atoms with van der Waals surface area (Å²) in [5.74, 6) is 0. The van der Waals surface area contributed by atoms with Crippen LogP contribution in [0.5, 0.6) is 0 Å². The molecule has 0 bridgehead atoms. The minimum Gasteiger partial charge on any atom is -0.287 e. The molecular formula is C23H19N3O3S. The van der Waals surface area contributed by atoms with Gasteiger partial charge in [0.2, 0.25) is 0 Å². The summed E-state index contributed by atoms with van der Waals surface area (Å²) >= 11 is 0. The Balaban J connectivity index is 1.89. The van der Waals surface area contributed by atoms with Crippen LogP contribution in [0.4, 0.5) is 16.2 Å². The third kappa shape index (κ3) is 3.21. The maximum Gasteiger partial charge on any atom is 0.343 e. The van der Waals surface area contributed by atoms with Gasteiger partial charge in [0.25, 0.3) is 10.0 Å². The van der Waals surface area contributed by atoms with Crippen molar-refractivity contribution in [3.63, 3.8) is 0 Å². The number of amides is 2. The van der Waals surface area contributed by atoms with Crippen LogP contribution in [0, 0.1) is 25.2 Å². The highest BCUT2D eigenvalue weighted by Crippen LogP contribution is 2.39. The van der Waals surface area contributed by atoms with E-state index >= 15 is 0 Å². The van der Waals surface area contributed by atoms with Gasteiger partial charge in [-0.3, -0.25) is 4.90 Å². The molecule has 0 radical (unpaired) electrons. The second-order valence-electron chi connectivity index (χ2n) is 7.21. The van der Waals surface area contributed by atoms with Crippen molar-refractivity contribution in [3.05, 3.63) is 89.0 Å². The number of rotatable bonds is 3. The van der Waals surface area contributed by atoms with Crippen LogP contribution < -0.4 is 9.21 Å². The predicted molar refractivity (Wildman–Crippen MR) is 115 cm³/mol. The van der Waals surface area contributed by atoms with Crippen molar-refractivity contribution in [2.45, 2.75) is 25.3 Å². The van der Waals surface area contributed by atoms with E-state index in [-0.39, 0.29) is 11.4 Å². The van der Waals surface area contributed by atoms with Gasteiger partial charge in [0, 0.05) is 0 Å². The molecule has 0 saturated carbocycles. The lowest BCUT2D eigenvalue weighted by molar-refractivity contribution is 0.253. The fourth-order valence-electron chi connectivity index (χ4n) is 3.56. The lowest BCUT2D eigenvalue weighted by atomic mass is 10.1. The van der Waals surface area contributed by atoms with Crippen molar-refractivity contribution in [2.75, 3.05) is 9.21 Å². The number of benzene rings is 3. The van der Waals surface area contributed by atoms with Gasteiger partial charge < -0.3 is 0 Å². The van der Waals surface area contributed by atoms with E-state index in [0.29, 0.717) is 22.5 Å². The molecule has 6 nitrogen and oxygen atoms in total. The number of para-hydroxylation sites is 1. The van der Waals surface area contributed by atoms with Crippen molar-refractivity contribution in [3.8, 4) is 6.07 Å². The average Bonchev–Trinajstić information content (AvgIpc) is 2.74. The second-order valence-corrected chi connectivity index (χ2v) is 8.96. The van der Waals surface area contributed by atoms with Crippen molar-refractivity contribution in [1.82, 2.24) is 0 Å². The molecular weight excluding hydrogens is 398 g/mol. The third-order valence-corrected chi connectivity index (χ3v) is 6.79. The van der Waals surface area contributed by atoms with Crippen molar-refractivity contribution < 1.29 is 13.2 Å². The van der Waals surface area contributed by atoms with E-state index in [0.717, 1.165) is 15.4 Å². The Kier molecular flexibility index (Phi) is 4.80. The summed E-state index contributed by atoms with van der Waals surface area (Å²) in [6, 6.07) is 20.2. The minimum absolute atomic E-state index is 0.0712. The molecule has 0 atom stereocenters. The molecule has 0 fully saturated rings. The molecule has 30 heavy (non-hydrogen) atoms. The quantitative estimate of drug-likeness (QED) is 0.628. The Morgan fingerprint density at radius 1 is 0.933 bits per heavy atom. The van der Waals surface area contributed by atoms with Crippen LogP contribution in [0.3, 0.4) is 0 Å². The number of hydrogen-bond donors (Lipinski definition) is 0. The maximum absolute atomic E-state index is 13.5. The molecule has 3 aromatic carbocycles. The first-order valence-corrected chi connectivity index (χ1v) is 10.8. The van der Waals surface area contributed by atoms with Gasteiger partial charge in [-0.2, -0.15) is 9.57 Å². The summed E-state index contributed by atoms with van der Waals surface area (Å²) in [5.41, 5.74) is 3.41. The molecule has 0 aromatic heterocycles. The van der Waals surface area contributed by atoms with E-state index in [1.165, 1.54) is 11.0 Å². The lowest BCUT2D eigenvalue weighted by Gasteiger charge is -2.37. The topological polar surface area (TPSA) is 81.5 Å². The summed E-state index contributed by atoms with van der Waals surface area (Å²) in [6.07, 6.45) is 0. The molecule has 150 valence electrons. The van der Waals surface area contributed by atoms with Crippen LogP contribution in [-0.2, 0) is 16.6 Å². The molecule has 0 aliphatic carbocycles. The van der Waals surface area contributed by atoms with Gasteiger partial charge in [0.15, 0.2) is 0 Å². The first-order valence-electron chi connectivity index (χ1n) is 9.35. The Morgan fingerprint density at radius 2 is 1.70 bits per heavy atom. The monoisotopic (exact) mass is 417 g/mol. The molecule has 1 heterocycles. The Bertz CT molecular complexity index is 1310. The third-order valence-electron chi connectivity index (χ3n) is 5.06. The van der Waals surface area contributed by atoms with Gasteiger partial charge in [-0.25, -0.2) is 13.2 Å². The van der Waals surface area contributed by atoms with Crippen LogP contribution in [0.1, 0.15) is 22.3 Å². The summed E-state index contributed by atoms with van der Waals surface area (Å²) in [6.45, 7) is 3.77. The number of hydrogen-bond acceptors (Lipinski definition) is 4. The number of aryl methyl sites for hydroxylation is 2. The number of sulfonamides is 1. The second kappa shape index (κ2) is 7.32. The highest BCUT2D eigenvalue weighted by atomic mass is 32.2. The van der Waals surface area contributed by atoms with E-state index < -0.39 is 16.1 Å². The Labute approximate surface area is 175 Å². The molecule has 0 saturated heterocycles. The normalized spacial score (nSPS) is 14.9. The maximum atomic E-state index is 13.5. The SMILES string of the molecule is Cc1ccc(C)c(N2C(=O)N(Cc3cccc(C#N)c3)c3ccccc3S2(=O)=O)c1. The largest absolute Gasteiger partial charge is 0.343 e. The average molecular weight is 417 g/mol. The van der Waals surface area contributed by atoms with Crippen LogP contribution in [0.25, 0.3) is 0 Å². The Hall–Kier alpha value is -3.63. The van der Waals surface area contributed by atoms with E-state index in [4.69, 9.17) is 0 Å². The molecule has 3 aromatic rings. The zero-order chi connectivity index (χ0) is 21.5.